The monoisotopic (exact) mass is 226 g/mol. The average molecular weight is 226 g/mol. The predicted octanol–water partition coefficient (Wildman–Crippen LogP) is 1.31. The standard InChI is InChI=1S/C3H6.W/c1-3-2;/h1-3H2;. The summed E-state index contributed by atoms with van der Waals surface area (Å²) in [5.74, 6) is 0. The normalized spacial score (nSPS) is 24.0. The first-order chi connectivity index (χ1) is 2.00. The van der Waals surface area contributed by atoms with Gasteiger partial charge in [-0.25, -0.2) is 0 Å². The summed E-state index contributed by atoms with van der Waals surface area (Å²) in [6.45, 7) is 0. The van der Waals surface area contributed by atoms with E-state index in [1.165, 1.54) is 0 Å². The predicted molar refractivity (Wildman–Crippen MR) is 14.2 cm³/mol. The van der Waals surface area contributed by atoms with E-state index in [0.29, 0.717) is 18.6 Å². The van der Waals surface area contributed by atoms with Crippen molar-refractivity contribution in [2.24, 2.45) is 0 Å². The molecule has 0 saturated carbocycles. The third-order valence-electron chi connectivity index (χ3n) is 0.577. The van der Waals surface area contributed by atoms with Crippen LogP contribution < -0.4 is 0 Å². The Labute approximate surface area is 35.1 Å². The van der Waals surface area contributed by atoms with Crippen LogP contribution in [0, 0.1) is 0 Å². The van der Waals surface area contributed by atoms with E-state index in [9.17, 15) is 0 Å². The Balaban J connectivity index is 2.00. The Hall–Kier alpha value is 0.688. The number of hydrogen-bond donors (Lipinski definition) is 0. The van der Waals surface area contributed by atoms with Crippen molar-refractivity contribution < 1.29 is 18.6 Å². The van der Waals surface area contributed by atoms with Gasteiger partial charge in [0.1, 0.15) is 0 Å². The van der Waals surface area contributed by atoms with E-state index >= 15 is 0 Å². The minimum atomic E-state index is 0.426. The molecule has 1 rings (SSSR count). The van der Waals surface area contributed by atoms with E-state index in [-0.39, 0.29) is 0 Å². The molecule has 0 aromatic heterocycles. The molecule has 1 fully saturated rings. The van der Waals surface area contributed by atoms with Gasteiger partial charge in [0.15, 0.2) is 0 Å². The molecule has 1 heteroatoms. The third-order valence-corrected chi connectivity index (χ3v) is 4.73. The Morgan fingerprint density at radius 2 is 1.50 bits per heavy atom. The molecule has 1 aliphatic heterocycles. The van der Waals surface area contributed by atoms with Crippen LogP contribution in [-0.2, 0) is 18.6 Å². The van der Waals surface area contributed by atoms with Gasteiger partial charge in [-0.05, 0) is 0 Å². The summed E-state index contributed by atoms with van der Waals surface area (Å²) >= 11 is 0.426. The molecule has 24 valence electrons. The minimum absolute atomic E-state index is 0.426. The van der Waals surface area contributed by atoms with Gasteiger partial charge in [0.05, 0.1) is 0 Å². The van der Waals surface area contributed by atoms with Crippen LogP contribution in [0.15, 0.2) is 0 Å². The van der Waals surface area contributed by atoms with Crippen molar-refractivity contribution in [1.29, 1.82) is 0 Å². The van der Waals surface area contributed by atoms with Crippen molar-refractivity contribution >= 4 is 0 Å². The van der Waals surface area contributed by atoms with Crippen LogP contribution in [0.1, 0.15) is 6.42 Å². The molecular formula is C3H6W. The fourth-order valence-corrected chi connectivity index (χ4v) is 1.18. The van der Waals surface area contributed by atoms with Crippen molar-refractivity contribution in [3.8, 4) is 0 Å². The van der Waals surface area contributed by atoms with Crippen molar-refractivity contribution in [2.45, 2.75) is 16.0 Å². The molecule has 0 nitrogen and oxygen atoms in total. The summed E-state index contributed by atoms with van der Waals surface area (Å²) in [5, 5.41) is 0. The van der Waals surface area contributed by atoms with Crippen LogP contribution in [-0.4, -0.2) is 0 Å². The molecule has 0 amide bonds. The van der Waals surface area contributed by atoms with Crippen molar-refractivity contribution in [2.75, 3.05) is 0 Å². The molecule has 1 saturated heterocycles. The summed E-state index contributed by atoms with van der Waals surface area (Å²) in [5.41, 5.74) is 0. The first kappa shape index (κ1) is 2.90. The average Bonchev–Trinajstić information content (AvgIpc) is 0.722. The molecule has 0 spiro atoms. The van der Waals surface area contributed by atoms with Gasteiger partial charge in [-0.15, -0.1) is 0 Å². The van der Waals surface area contributed by atoms with Gasteiger partial charge in [-0.1, -0.05) is 0 Å². The maximum atomic E-state index is 1.67. The van der Waals surface area contributed by atoms with Gasteiger partial charge in [-0.3, -0.25) is 0 Å². The molecule has 0 N–H and O–H groups in total. The zero-order valence-corrected chi connectivity index (χ0v) is 5.46. The Morgan fingerprint density at radius 1 is 1.25 bits per heavy atom. The van der Waals surface area contributed by atoms with Crippen molar-refractivity contribution in [1.82, 2.24) is 0 Å². The second-order valence-corrected chi connectivity index (χ2v) is 5.37. The first-order valence-corrected chi connectivity index (χ1v) is 5.73. The van der Waals surface area contributed by atoms with Crippen LogP contribution in [0.3, 0.4) is 0 Å². The number of hydrogen-bond acceptors (Lipinski definition) is 0. The summed E-state index contributed by atoms with van der Waals surface area (Å²) in [7, 11) is 0. The van der Waals surface area contributed by atoms with Gasteiger partial charge >= 0.3 is 34.6 Å². The van der Waals surface area contributed by atoms with Gasteiger partial charge in [0, 0.05) is 0 Å². The van der Waals surface area contributed by atoms with Gasteiger partial charge in [0.2, 0.25) is 0 Å². The van der Waals surface area contributed by atoms with Gasteiger partial charge in [0.25, 0.3) is 0 Å². The van der Waals surface area contributed by atoms with Crippen LogP contribution in [0.25, 0.3) is 0 Å². The number of rotatable bonds is 0. The first-order valence-electron chi connectivity index (χ1n) is 1.58. The molecule has 1 heterocycles. The molecule has 0 aliphatic carbocycles. The van der Waals surface area contributed by atoms with Crippen molar-refractivity contribution in [3.05, 3.63) is 0 Å². The summed E-state index contributed by atoms with van der Waals surface area (Å²) in [6.07, 6.45) is 1.57. The van der Waals surface area contributed by atoms with E-state index in [0.717, 1.165) is 0 Å². The molecule has 0 aromatic carbocycles. The molecule has 1 aliphatic rings. The molecule has 0 bridgehead atoms. The van der Waals surface area contributed by atoms with E-state index < -0.39 is 0 Å². The second kappa shape index (κ2) is 1.21. The molecule has 0 atom stereocenters. The topological polar surface area (TPSA) is 0 Å². The van der Waals surface area contributed by atoms with Crippen LogP contribution in [0.2, 0.25) is 9.62 Å². The second-order valence-electron chi connectivity index (χ2n) is 0.966. The Bertz CT molecular complexity index is 11.2. The molecule has 4 heavy (non-hydrogen) atoms. The van der Waals surface area contributed by atoms with E-state index in [1.54, 1.807) is 16.0 Å². The van der Waals surface area contributed by atoms with Gasteiger partial charge in [-0.2, -0.15) is 0 Å². The van der Waals surface area contributed by atoms with Crippen LogP contribution >= 0.6 is 0 Å². The molecule has 0 radical (unpaired) electrons. The zero-order valence-electron chi connectivity index (χ0n) is 2.53. The van der Waals surface area contributed by atoms with Crippen LogP contribution in [0.5, 0.6) is 0 Å². The summed E-state index contributed by atoms with van der Waals surface area (Å²) in [4.78, 5) is 3.33. The summed E-state index contributed by atoms with van der Waals surface area (Å²) < 4.78 is 0. The Morgan fingerprint density at radius 3 is 1.50 bits per heavy atom. The van der Waals surface area contributed by atoms with Crippen LogP contribution in [0.4, 0.5) is 0 Å². The Kier molecular flexibility index (Phi) is 0.880. The summed E-state index contributed by atoms with van der Waals surface area (Å²) in [6, 6.07) is 0. The van der Waals surface area contributed by atoms with Gasteiger partial charge < -0.3 is 0 Å². The maximum absolute atomic E-state index is 1.67. The van der Waals surface area contributed by atoms with E-state index in [4.69, 9.17) is 0 Å². The molecule has 0 unspecified atom stereocenters. The van der Waals surface area contributed by atoms with Crippen molar-refractivity contribution in [3.63, 3.8) is 0 Å². The quantitative estimate of drug-likeness (QED) is 0.584. The van der Waals surface area contributed by atoms with E-state index in [1.807, 2.05) is 0 Å². The third kappa shape index (κ3) is 0.349. The fraction of sp³-hybridized carbons (Fsp3) is 1.00. The van der Waals surface area contributed by atoms with E-state index in [2.05, 4.69) is 0 Å². The molecular weight excluding hydrogens is 220 g/mol. The SMILES string of the molecule is C1[CH2][W][CH2]1. The fourth-order valence-electron chi connectivity index (χ4n) is 0.144. The molecule has 0 aromatic rings. The zero-order chi connectivity index (χ0) is 2.83.